The molecule has 0 aliphatic rings. The van der Waals surface area contributed by atoms with Crippen LogP contribution in [0.15, 0.2) is 97.1 Å². The largest absolute Gasteiger partial charge is 0.344 e. The Hall–Kier alpha value is -3.32. The first-order chi connectivity index (χ1) is 12.8. The summed E-state index contributed by atoms with van der Waals surface area (Å²) in [6.07, 6.45) is 0. The third-order valence-corrected chi connectivity index (χ3v) is 5.22. The molecule has 0 saturated carbocycles. The predicted octanol–water partition coefficient (Wildman–Crippen LogP) is 6.67. The molecule has 4 aromatic carbocycles. The Morgan fingerprint density at radius 2 is 1.04 bits per heavy atom. The van der Waals surface area contributed by atoms with Crippen LogP contribution in [0.2, 0.25) is 0 Å². The van der Waals surface area contributed by atoms with Gasteiger partial charge in [0.2, 0.25) is 0 Å². The second kappa shape index (κ2) is 5.89. The summed E-state index contributed by atoms with van der Waals surface area (Å²) in [5, 5.41) is 2.61. The Labute approximate surface area is 153 Å². The third-order valence-electron chi connectivity index (χ3n) is 5.22. The van der Waals surface area contributed by atoms with Crippen LogP contribution in [0.3, 0.4) is 0 Å². The van der Waals surface area contributed by atoms with Gasteiger partial charge in [-0.3, -0.25) is 0 Å². The van der Waals surface area contributed by atoms with Crippen LogP contribution in [0.4, 0.5) is 0 Å². The molecule has 124 valence electrons. The predicted molar refractivity (Wildman–Crippen MR) is 111 cm³/mol. The fraction of sp³-hybridized carbons (Fsp3) is 0.0400. The highest BCUT2D eigenvalue weighted by Gasteiger charge is 2.14. The zero-order chi connectivity index (χ0) is 17.5. The summed E-state index contributed by atoms with van der Waals surface area (Å²) >= 11 is 0. The molecule has 0 N–H and O–H groups in total. The van der Waals surface area contributed by atoms with Gasteiger partial charge in [0.15, 0.2) is 0 Å². The van der Waals surface area contributed by atoms with Gasteiger partial charge in [-0.05, 0) is 40.5 Å². The van der Waals surface area contributed by atoms with Crippen molar-refractivity contribution in [3.63, 3.8) is 0 Å². The highest BCUT2D eigenvalue weighted by molar-refractivity contribution is 6.11. The average molecular weight is 333 g/mol. The zero-order valence-electron chi connectivity index (χ0n) is 14.7. The van der Waals surface area contributed by atoms with Gasteiger partial charge in [-0.1, -0.05) is 78.9 Å². The molecule has 1 nitrogen and oxygen atoms in total. The topological polar surface area (TPSA) is 4.93 Å². The lowest BCUT2D eigenvalue weighted by Gasteiger charge is -2.12. The van der Waals surface area contributed by atoms with Crippen molar-refractivity contribution in [2.24, 2.45) is 7.05 Å². The molecule has 0 aliphatic heterocycles. The maximum absolute atomic E-state index is 2.36. The molecule has 0 radical (unpaired) electrons. The van der Waals surface area contributed by atoms with Gasteiger partial charge in [0.1, 0.15) is 0 Å². The van der Waals surface area contributed by atoms with E-state index in [-0.39, 0.29) is 0 Å². The summed E-state index contributed by atoms with van der Waals surface area (Å²) in [4.78, 5) is 0. The van der Waals surface area contributed by atoms with Gasteiger partial charge in [-0.15, -0.1) is 0 Å². The van der Waals surface area contributed by atoms with Crippen molar-refractivity contribution in [3.05, 3.63) is 97.1 Å². The van der Waals surface area contributed by atoms with Crippen molar-refractivity contribution >= 4 is 21.8 Å². The van der Waals surface area contributed by atoms with Gasteiger partial charge in [0.25, 0.3) is 0 Å². The Morgan fingerprint density at radius 3 is 1.69 bits per heavy atom. The van der Waals surface area contributed by atoms with Gasteiger partial charge in [-0.25, -0.2) is 0 Å². The van der Waals surface area contributed by atoms with E-state index in [9.17, 15) is 0 Å². The first-order valence-electron chi connectivity index (χ1n) is 8.95. The maximum atomic E-state index is 2.36. The molecule has 0 unspecified atom stereocenters. The van der Waals surface area contributed by atoms with Crippen molar-refractivity contribution < 1.29 is 0 Å². The smallest absolute Gasteiger partial charge is 0.0495 e. The first kappa shape index (κ1) is 15.0. The minimum absolute atomic E-state index is 1.25. The van der Waals surface area contributed by atoms with Gasteiger partial charge in [0.05, 0.1) is 0 Å². The molecule has 0 bridgehead atoms. The molecule has 0 amide bonds. The van der Waals surface area contributed by atoms with E-state index in [1.165, 1.54) is 44.1 Å². The van der Waals surface area contributed by atoms with Crippen LogP contribution >= 0.6 is 0 Å². The monoisotopic (exact) mass is 333 g/mol. The van der Waals surface area contributed by atoms with Crippen LogP contribution in [0.25, 0.3) is 44.1 Å². The highest BCUT2D eigenvalue weighted by atomic mass is 14.9. The van der Waals surface area contributed by atoms with E-state index in [0.29, 0.717) is 0 Å². The molecule has 0 fully saturated rings. The van der Waals surface area contributed by atoms with Gasteiger partial charge in [0, 0.05) is 28.9 Å². The Bertz CT molecular complexity index is 1210. The van der Waals surface area contributed by atoms with E-state index in [4.69, 9.17) is 0 Å². The number of nitrogens with zero attached hydrogens (tertiary/aromatic N) is 1. The second-order valence-corrected chi connectivity index (χ2v) is 6.72. The number of rotatable bonds is 2. The molecule has 5 rings (SSSR count). The fourth-order valence-electron chi connectivity index (χ4n) is 3.92. The minimum Gasteiger partial charge on any atom is -0.344 e. The number of fused-ring (bicyclic) bond motifs is 3. The van der Waals surface area contributed by atoms with E-state index in [1.807, 2.05) is 0 Å². The number of aryl methyl sites for hydroxylation is 1. The highest BCUT2D eigenvalue weighted by Crippen LogP contribution is 2.38. The lowest BCUT2D eigenvalue weighted by atomic mass is 9.92. The van der Waals surface area contributed by atoms with E-state index >= 15 is 0 Å². The molecule has 0 saturated heterocycles. The van der Waals surface area contributed by atoms with Crippen LogP contribution in [0.1, 0.15) is 0 Å². The lowest BCUT2D eigenvalue weighted by molar-refractivity contribution is 1.01. The molecule has 26 heavy (non-hydrogen) atoms. The van der Waals surface area contributed by atoms with Crippen LogP contribution in [0, 0.1) is 0 Å². The number of hydrogen-bond donors (Lipinski definition) is 0. The van der Waals surface area contributed by atoms with Crippen molar-refractivity contribution in [2.75, 3.05) is 0 Å². The number of aromatic nitrogens is 1. The average Bonchev–Trinajstić information content (AvgIpc) is 3.00. The molecule has 0 spiro atoms. The molecule has 5 aromatic rings. The van der Waals surface area contributed by atoms with Crippen molar-refractivity contribution in [3.8, 4) is 22.3 Å². The molecular weight excluding hydrogens is 314 g/mol. The van der Waals surface area contributed by atoms with Crippen LogP contribution < -0.4 is 0 Å². The van der Waals surface area contributed by atoms with Crippen LogP contribution in [-0.4, -0.2) is 4.57 Å². The van der Waals surface area contributed by atoms with Crippen molar-refractivity contribution in [1.29, 1.82) is 0 Å². The fourth-order valence-corrected chi connectivity index (χ4v) is 3.92. The standard InChI is InChI=1S/C25H19N/c1-26-24-15-9-8-14-20(24)23-16-21(18-10-4-2-5-11-18)22(17-25(23)26)19-12-6-3-7-13-19/h2-17H,1H3. The molecule has 1 heteroatoms. The van der Waals surface area contributed by atoms with E-state index in [1.54, 1.807) is 0 Å². The number of benzene rings is 4. The normalized spacial score (nSPS) is 11.3. The summed E-state index contributed by atoms with van der Waals surface area (Å²) in [5.41, 5.74) is 7.59. The third kappa shape index (κ3) is 2.25. The summed E-state index contributed by atoms with van der Waals surface area (Å²) in [5.74, 6) is 0. The quantitative estimate of drug-likeness (QED) is 0.340. The number of para-hydroxylation sites is 1. The molecule has 0 atom stereocenters. The molecule has 1 aromatic heterocycles. The van der Waals surface area contributed by atoms with Crippen molar-refractivity contribution in [1.82, 2.24) is 4.57 Å². The van der Waals surface area contributed by atoms with Gasteiger partial charge in [-0.2, -0.15) is 0 Å². The number of hydrogen-bond acceptors (Lipinski definition) is 0. The Balaban J connectivity index is 1.92. The van der Waals surface area contributed by atoms with Gasteiger partial charge >= 0.3 is 0 Å². The second-order valence-electron chi connectivity index (χ2n) is 6.72. The molecule has 1 heterocycles. The summed E-state index contributed by atoms with van der Waals surface area (Å²) < 4.78 is 2.30. The van der Waals surface area contributed by atoms with Crippen molar-refractivity contribution in [2.45, 2.75) is 0 Å². The summed E-state index contributed by atoms with van der Waals surface area (Å²) in [6.45, 7) is 0. The zero-order valence-corrected chi connectivity index (χ0v) is 14.7. The minimum atomic E-state index is 1.25. The lowest BCUT2D eigenvalue weighted by Crippen LogP contribution is -1.90. The van der Waals surface area contributed by atoms with E-state index in [0.717, 1.165) is 0 Å². The summed E-state index contributed by atoms with van der Waals surface area (Å²) in [7, 11) is 2.15. The SMILES string of the molecule is Cn1c2ccccc2c2cc(-c3ccccc3)c(-c3ccccc3)cc21. The van der Waals surface area contributed by atoms with Crippen LogP contribution in [-0.2, 0) is 7.05 Å². The molecular formula is C25H19N. The first-order valence-corrected chi connectivity index (χ1v) is 8.95. The van der Waals surface area contributed by atoms with Crippen LogP contribution in [0.5, 0.6) is 0 Å². The van der Waals surface area contributed by atoms with E-state index < -0.39 is 0 Å². The van der Waals surface area contributed by atoms with E-state index in [2.05, 4.69) is 109 Å². The molecule has 0 aliphatic carbocycles. The Kier molecular flexibility index (Phi) is 3.39. The maximum Gasteiger partial charge on any atom is 0.0495 e. The Morgan fingerprint density at radius 1 is 0.500 bits per heavy atom. The van der Waals surface area contributed by atoms with Gasteiger partial charge < -0.3 is 4.57 Å². The summed E-state index contributed by atoms with van der Waals surface area (Å²) in [6, 6.07) is 34.7.